The Hall–Kier alpha value is -1.43. The van der Waals surface area contributed by atoms with Gasteiger partial charge in [0.1, 0.15) is 0 Å². The van der Waals surface area contributed by atoms with Gasteiger partial charge in [0, 0.05) is 17.3 Å². The lowest BCUT2D eigenvalue weighted by Crippen LogP contribution is -2.11. The van der Waals surface area contributed by atoms with E-state index in [1.807, 2.05) is 0 Å². The molecule has 0 aliphatic carbocycles. The molecule has 0 saturated carbocycles. The number of nitrogens with one attached hydrogen (secondary N) is 1. The molecule has 0 unspecified atom stereocenters. The molecule has 1 aromatic rings. The van der Waals surface area contributed by atoms with Crippen LogP contribution in [0.4, 0.5) is 18.9 Å². The molecule has 0 aliphatic rings. The number of benzene rings is 1. The lowest BCUT2D eigenvalue weighted by atomic mass is 10.2. The number of halogens is 4. The fourth-order valence-electron chi connectivity index (χ4n) is 1.27. The molecule has 0 atom stereocenters. The lowest BCUT2D eigenvalue weighted by molar-refractivity contribution is -0.140. The van der Waals surface area contributed by atoms with Crippen LogP contribution >= 0.6 is 11.6 Å². The summed E-state index contributed by atoms with van der Waals surface area (Å²) in [4.78, 5) is 10.8. The molecule has 0 bridgehead atoms. The molecule has 1 aromatic carbocycles. The van der Waals surface area contributed by atoms with E-state index in [1.54, 1.807) is 0 Å². The highest BCUT2D eigenvalue weighted by molar-refractivity contribution is 6.30. The van der Waals surface area contributed by atoms with E-state index in [2.05, 4.69) is 10.1 Å². The largest absolute Gasteiger partial charge is 0.469 e. The van der Waals surface area contributed by atoms with Crippen LogP contribution in [0, 0.1) is 0 Å². The van der Waals surface area contributed by atoms with E-state index in [-0.39, 0.29) is 23.7 Å². The van der Waals surface area contributed by atoms with Crippen molar-refractivity contribution in [2.45, 2.75) is 12.6 Å². The quantitative estimate of drug-likeness (QED) is 0.860. The first-order valence-corrected chi connectivity index (χ1v) is 5.39. The van der Waals surface area contributed by atoms with Crippen LogP contribution in [0.15, 0.2) is 18.2 Å². The fraction of sp³-hybridized carbons (Fsp3) is 0.364. The molecule has 0 aromatic heterocycles. The van der Waals surface area contributed by atoms with Crippen molar-refractivity contribution >= 4 is 23.3 Å². The third-order valence-electron chi connectivity index (χ3n) is 2.11. The summed E-state index contributed by atoms with van der Waals surface area (Å²) in [6, 6.07) is 3.13. The minimum atomic E-state index is -4.45. The summed E-state index contributed by atoms with van der Waals surface area (Å²) in [5.41, 5.74) is -0.630. The maximum Gasteiger partial charge on any atom is 0.416 e. The van der Waals surface area contributed by atoms with Gasteiger partial charge in [-0.15, -0.1) is 0 Å². The van der Waals surface area contributed by atoms with Crippen molar-refractivity contribution in [3.05, 3.63) is 28.8 Å². The Bertz CT molecular complexity index is 435. The average Bonchev–Trinajstić information content (AvgIpc) is 2.27. The van der Waals surface area contributed by atoms with E-state index >= 15 is 0 Å². The van der Waals surface area contributed by atoms with Gasteiger partial charge < -0.3 is 10.1 Å². The molecule has 100 valence electrons. The van der Waals surface area contributed by atoms with Crippen LogP contribution < -0.4 is 5.32 Å². The predicted octanol–water partition coefficient (Wildman–Crippen LogP) is 3.33. The standard InChI is InChI=1S/C11H11ClF3NO2/c1-18-10(17)2-3-16-9-5-7(11(13,14)15)4-8(12)6-9/h4-6,16H,2-3H2,1H3. The monoisotopic (exact) mass is 281 g/mol. The van der Waals surface area contributed by atoms with E-state index in [0.29, 0.717) is 0 Å². The Kier molecular flexibility index (Phi) is 4.84. The number of hydrogen-bond acceptors (Lipinski definition) is 3. The maximum absolute atomic E-state index is 12.5. The van der Waals surface area contributed by atoms with Crippen LogP contribution in [0.25, 0.3) is 0 Å². The van der Waals surface area contributed by atoms with Gasteiger partial charge >= 0.3 is 12.1 Å². The van der Waals surface area contributed by atoms with E-state index in [9.17, 15) is 18.0 Å². The topological polar surface area (TPSA) is 38.3 Å². The molecule has 0 radical (unpaired) electrons. The van der Waals surface area contributed by atoms with Crippen LogP contribution in [0.5, 0.6) is 0 Å². The first-order chi connectivity index (χ1) is 8.32. The Labute approximate surface area is 107 Å². The molecule has 18 heavy (non-hydrogen) atoms. The van der Waals surface area contributed by atoms with Gasteiger partial charge in [-0.05, 0) is 18.2 Å². The molecular weight excluding hydrogens is 271 g/mol. The molecule has 1 rings (SSSR count). The van der Waals surface area contributed by atoms with E-state index in [4.69, 9.17) is 11.6 Å². The Morgan fingerprint density at radius 3 is 2.61 bits per heavy atom. The molecule has 0 spiro atoms. The highest BCUT2D eigenvalue weighted by Crippen LogP contribution is 2.33. The third kappa shape index (κ3) is 4.44. The van der Waals surface area contributed by atoms with Gasteiger partial charge in [-0.2, -0.15) is 13.2 Å². The number of carbonyl (C=O) groups excluding carboxylic acids is 1. The molecule has 0 amide bonds. The molecular formula is C11H11ClF3NO2. The normalized spacial score (nSPS) is 11.2. The minimum absolute atomic E-state index is 0.0228. The van der Waals surface area contributed by atoms with Gasteiger partial charge in [0.05, 0.1) is 19.1 Å². The van der Waals surface area contributed by atoms with Crippen LogP contribution in [0.2, 0.25) is 5.02 Å². The Morgan fingerprint density at radius 1 is 1.39 bits per heavy atom. The molecule has 1 N–H and O–H groups in total. The SMILES string of the molecule is COC(=O)CCNc1cc(Cl)cc(C(F)(F)F)c1. The Morgan fingerprint density at radius 2 is 2.06 bits per heavy atom. The summed E-state index contributed by atoms with van der Waals surface area (Å²) >= 11 is 5.59. The number of ether oxygens (including phenoxy) is 1. The van der Waals surface area contributed by atoms with Crippen molar-refractivity contribution in [2.24, 2.45) is 0 Å². The summed E-state index contributed by atoms with van der Waals surface area (Å²) in [5, 5.41) is 2.66. The van der Waals surface area contributed by atoms with Crippen molar-refractivity contribution in [2.75, 3.05) is 19.0 Å². The third-order valence-corrected chi connectivity index (χ3v) is 2.33. The molecule has 0 fully saturated rings. The maximum atomic E-state index is 12.5. The van der Waals surface area contributed by atoms with Gasteiger partial charge in [-0.25, -0.2) is 0 Å². The number of carbonyl (C=O) groups is 1. The van der Waals surface area contributed by atoms with E-state index in [1.165, 1.54) is 13.2 Å². The highest BCUT2D eigenvalue weighted by Gasteiger charge is 2.31. The van der Waals surface area contributed by atoms with Crippen molar-refractivity contribution in [1.29, 1.82) is 0 Å². The zero-order valence-corrected chi connectivity index (χ0v) is 10.2. The van der Waals surface area contributed by atoms with Crippen molar-refractivity contribution in [3.63, 3.8) is 0 Å². The van der Waals surface area contributed by atoms with Gasteiger partial charge in [-0.1, -0.05) is 11.6 Å². The second-order valence-corrected chi connectivity index (χ2v) is 3.92. The zero-order valence-electron chi connectivity index (χ0n) is 9.47. The van der Waals surface area contributed by atoms with Crippen molar-refractivity contribution in [1.82, 2.24) is 0 Å². The number of rotatable bonds is 4. The van der Waals surface area contributed by atoms with Crippen LogP contribution in [-0.4, -0.2) is 19.6 Å². The zero-order chi connectivity index (χ0) is 13.8. The van der Waals surface area contributed by atoms with Crippen LogP contribution in [0.3, 0.4) is 0 Å². The number of alkyl halides is 3. The summed E-state index contributed by atoms with van der Waals surface area (Å²) in [6.45, 7) is 0.171. The highest BCUT2D eigenvalue weighted by atomic mass is 35.5. The van der Waals surface area contributed by atoms with E-state index < -0.39 is 17.7 Å². The molecule has 0 aliphatic heterocycles. The number of methoxy groups -OCH3 is 1. The second-order valence-electron chi connectivity index (χ2n) is 3.48. The summed E-state index contributed by atoms with van der Waals surface area (Å²) in [7, 11) is 1.24. The van der Waals surface area contributed by atoms with Crippen LogP contribution in [0.1, 0.15) is 12.0 Å². The lowest BCUT2D eigenvalue weighted by Gasteiger charge is -2.11. The van der Waals surface area contributed by atoms with E-state index in [0.717, 1.165) is 12.1 Å². The van der Waals surface area contributed by atoms with Gasteiger partial charge in [0.25, 0.3) is 0 Å². The number of esters is 1. The van der Waals surface area contributed by atoms with Gasteiger partial charge in [0.2, 0.25) is 0 Å². The average molecular weight is 282 g/mol. The molecule has 0 saturated heterocycles. The van der Waals surface area contributed by atoms with Gasteiger partial charge in [0.15, 0.2) is 0 Å². The molecule has 0 heterocycles. The first-order valence-electron chi connectivity index (χ1n) is 5.01. The molecule has 7 heteroatoms. The predicted molar refractivity (Wildman–Crippen MR) is 61.6 cm³/mol. The summed E-state index contributed by atoms with van der Waals surface area (Å²) in [6.07, 6.45) is -4.39. The van der Waals surface area contributed by atoms with Crippen LogP contribution in [-0.2, 0) is 15.7 Å². The molecule has 3 nitrogen and oxygen atoms in total. The fourth-order valence-corrected chi connectivity index (χ4v) is 1.50. The number of anilines is 1. The summed E-state index contributed by atoms with van der Waals surface area (Å²) < 4.78 is 41.9. The smallest absolute Gasteiger partial charge is 0.416 e. The summed E-state index contributed by atoms with van der Waals surface area (Å²) in [5.74, 6) is -0.444. The number of hydrogen-bond donors (Lipinski definition) is 1. The first kappa shape index (κ1) is 14.6. The Balaban J connectivity index is 2.72. The minimum Gasteiger partial charge on any atom is -0.469 e. The van der Waals surface area contributed by atoms with Crippen molar-refractivity contribution in [3.8, 4) is 0 Å². The van der Waals surface area contributed by atoms with Gasteiger partial charge in [-0.3, -0.25) is 4.79 Å². The second kappa shape index (κ2) is 5.95. The van der Waals surface area contributed by atoms with Crippen molar-refractivity contribution < 1.29 is 22.7 Å².